The van der Waals surface area contributed by atoms with Crippen molar-refractivity contribution in [2.75, 3.05) is 5.32 Å². The van der Waals surface area contributed by atoms with Gasteiger partial charge < -0.3 is 10.1 Å². The molecule has 122 valence electrons. The van der Waals surface area contributed by atoms with Crippen LogP contribution >= 0.6 is 11.6 Å². The van der Waals surface area contributed by atoms with Gasteiger partial charge in [0.25, 0.3) is 5.91 Å². The Kier molecular flexibility index (Phi) is 5.67. The summed E-state index contributed by atoms with van der Waals surface area (Å²) in [5, 5.41) is 3.64. The molecule has 0 aliphatic rings. The van der Waals surface area contributed by atoms with Gasteiger partial charge >= 0.3 is 0 Å². The van der Waals surface area contributed by atoms with Crippen LogP contribution in [0.15, 0.2) is 36.4 Å². The van der Waals surface area contributed by atoms with E-state index in [0.717, 1.165) is 22.4 Å². The predicted octanol–water partition coefficient (Wildman–Crippen LogP) is 5.06. The van der Waals surface area contributed by atoms with Crippen molar-refractivity contribution in [3.63, 3.8) is 0 Å². The zero-order valence-corrected chi connectivity index (χ0v) is 14.7. The fourth-order valence-corrected chi connectivity index (χ4v) is 2.39. The van der Waals surface area contributed by atoms with Gasteiger partial charge in [-0.05, 0) is 68.1 Å². The molecule has 0 saturated heterocycles. The first-order valence-corrected chi connectivity index (χ1v) is 8.10. The quantitative estimate of drug-likeness (QED) is 0.831. The van der Waals surface area contributed by atoms with Crippen molar-refractivity contribution >= 4 is 23.2 Å². The third kappa shape index (κ3) is 4.26. The number of hydrogen-bond donors (Lipinski definition) is 1. The van der Waals surface area contributed by atoms with Gasteiger partial charge in [0.1, 0.15) is 5.75 Å². The van der Waals surface area contributed by atoms with Crippen LogP contribution in [0, 0.1) is 20.8 Å². The summed E-state index contributed by atoms with van der Waals surface area (Å²) in [5.74, 6) is 0.503. The molecule has 0 bridgehead atoms. The van der Waals surface area contributed by atoms with Crippen LogP contribution in [-0.4, -0.2) is 12.0 Å². The topological polar surface area (TPSA) is 38.3 Å². The van der Waals surface area contributed by atoms with Crippen LogP contribution in [0.2, 0.25) is 5.02 Å². The number of halogens is 1. The van der Waals surface area contributed by atoms with Gasteiger partial charge in [-0.25, -0.2) is 0 Å². The second-order valence-corrected chi connectivity index (χ2v) is 6.07. The Morgan fingerprint density at radius 2 is 1.91 bits per heavy atom. The summed E-state index contributed by atoms with van der Waals surface area (Å²) >= 11 is 6.02. The second kappa shape index (κ2) is 7.51. The summed E-state index contributed by atoms with van der Waals surface area (Å²) in [6.07, 6.45) is 0.0359. The maximum atomic E-state index is 12.5. The van der Waals surface area contributed by atoms with E-state index < -0.39 is 6.10 Å². The van der Waals surface area contributed by atoms with E-state index >= 15 is 0 Å². The minimum atomic E-state index is -0.546. The smallest absolute Gasteiger partial charge is 0.265 e. The average molecular weight is 332 g/mol. The van der Waals surface area contributed by atoms with Crippen molar-refractivity contribution < 1.29 is 9.53 Å². The lowest BCUT2D eigenvalue weighted by Crippen LogP contribution is -2.32. The third-order valence-corrected chi connectivity index (χ3v) is 4.36. The Balaban J connectivity index is 2.12. The number of carbonyl (C=O) groups excluding carboxylic acids is 1. The molecule has 1 atom stereocenters. The fraction of sp³-hybridized carbons (Fsp3) is 0.316. The standard InChI is InChI=1S/C19H22ClNO2/c1-5-18(23-15-9-10-16(20)13(3)11-15)19(22)21-17-8-6-7-12(2)14(17)4/h6-11,18H,5H2,1-4H3,(H,21,22). The molecule has 4 heteroatoms. The van der Waals surface area contributed by atoms with Gasteiger partial charge in [-0.3, -0.25) is 4.79 Å². The van der Waals surface area contributed by atoms with Crippen LogP contribution in [0.25, 0.3) is 0 Å². The van der Waals surface area contributed by atoms with E-state index in [2.05, 4.69) is 5.32 Å². The maximum Gasteiger partial charge on any atom is 0.265 e. The van der Waals surface area contributed by atoms with Gasteiger partial charge in [-0.2, -0.15) is 0 Å². The van der Waals surface area contributed by atoms with Crippen molar-refractivity contribution in [2.45, 2.75) is 40.2 Å². The first-order valence-electron chi connectivity index (χ1n) is 7.72. The van der Waals surface area contributed by atoms with E-state index in [-0.39, 0.29) is 5.91 Å². The van der Waals surface area contributed by atoms with Crippen LogP contribution in [0.1, 0.15) is 30.0 Å². The molecule has 0 aliphatic carbocycles. The van der Waals surface area contributed by atoms with Gasteiger partial charge in [0.2, 0.25) is 0 Å². The summed E-state index contributed by atoms with van der Waals surface area (Å²) in [7, 11) is 0. The number of aryl methyl sites for hydroxylation is 2. The molecule has 1 unspecified atom stereocenters. The number of amides is 1. The van der Waals surface area contributed by atoms with Crippen molar-refractivity contribution in [3.05, 3.63) is 58.1 Å². The molecule has 0 aromatic heterocycles. The van der Waals surface area contributed by atoms with E-state index in [4.69, 9.17) is 16.3 Å². The SMILES string of the molecule is CCC(Oc1ccc(Cl)c(C)c1)C(=O)Nc1cccc(C)c1C. The van der Waals surface area contributed by atoms with Crippen molar-refractivity contribution in [3.8, 4) is 5.75 Å². The lowest BCUT2D eigenvalue weighted by atomic mass is 10.1. The highest BCUT2D eigenvalue weighted by atomic mass is 35.5. The number of nitrogens with one attached hydrogen (secondary N) is 1. The molecule has 2 rings (SSSR count). The summed E-state index contributed by atoms with van der Waals surface area (Å²) in [6, 6.07) is 11.3. The minimum absolute atomic E-state index is 0.145. The van der Waals surface area contributed by atoms with Gasteiger partial charge in [0.15, 0.2) is 6.10 Å². The van der Waals surface area contributed by atoms with Crippen molar-refractivity contribution in [2.24, 2.45) is 0 Å². The molecule has 1 amide bonds. The van der Waals surface area contributed by atoms with Gasteiger partial charge in [-0.1, -0.05) is 30.7 Å². The minimum Gasteiger partial charge on any atom is -0.481 e. The highest BCUT2D eigenvalue weighted by Gasteiger charge is 2.19. The van der Waals surface area contributed by atoms with Gasteiger partial charge in [0.05, 0.1) is 0 Å². The largest absolute Gasteiger partial charge is 0.481 e. The maximum absolute atomic E-state index is 12.5. The zero-order valence-electron chi connectivity index (χ0n) is 13.9. The van der Waals surface area contributed by atoms with Gasteiger partial charge in [-0.15, -0.1) is 0 Å². The summed E-state index contributed by atoms with van der Waals surface area (Å²) in [5.41, 5.74) is 3.96. The molecular formula is C19H22ClNO2. The first-order chi connectivity index (χ1) is 10.9. The molecule has 2 aromatic carbocycles. The van der Waals surface area contributed by atoms with Crippen molar-refractivity contribution in [1.82, 2.24) is 0 Å². The van der Waals surface area contributed by atoms with Crippen LogP contribution in [0.4, 0.5) is 5.69 Å². The Hall–Kier alpha value is -2.00. The molecule has 0 heterocycles. The Morgan fingerprint density at radius 3 is 2.57 bits per heavy atom. The van der Waals surface area contributed by atoms with Gasteiger partial charge in [0, 0.05) is 10.7 Å². The number of benzene rings is 2. The molecular weight excluding hydrogens is 310 g/mol. The molecule has 0 saturated carbocycles. The molecule has 3 nitrogen and oxygen atoms in total. The molecule has 0 spiro atoms. The van der Waals surface area contributed by atoms with Crippen LogP contribution in [-0.2, 0) is 4.79 Å². The van der Waals surface area contributed by atoms with E-state index in [1.807, 2.05) is 52.0 Å². The Morgan fingerprint density at radius 1 is 1.17 bits per heavy atom. The van der Waals surface area contributed by atoms with E-state index in [1.54, 1.807) is 12.1 Å². The van der Waals surface area contributed by atoms with E-state index in [9.17, 15) is 4.79 Å². The molecule has 0 radical (unpaired) electrons. The molecule has 1 N–H and O–H groups in total. The number of carbonyl (C=O) groups is 1. The molecule has 0 fully saturated rings. The number of rotatable bonds is 5. The summed E-state index contributed by atoms with van der Waals surface area (Å²) in [4.78, 5) is 12.5. The van der Waals surface area contributed by atoms with Crippen LogP contribution < -0.4 is 10.1 Å². The Labute approximate surface area is 142 Å². The molecule has 2 aromatic rings. The number of anilines is 1. The average Bonchev–Trinajstić information content (AvgIpc) is 2.52. The molecule has 0 aliphatic heterocycles. The van der Waals surface area contributed by atoms with Crippen LogP contribution in [0.3, 0.4) is 0 Å². The third-order valence-electron chi connectivity index (χ3n) is 3.93. The second-order valence-electron chi connectivity index (χ2n) is 5.66. The highest BCUT2D eigenvalue weighted by Crippen LogP contribution is 2.23. The van der Waals surface area contributed by atoms with E-state index in [1.165, 1.54) is 0 Å². The molecule has 23 heavy (non-hydrogen) atoms. The lowest BCUT2D eigenvalue weighted by Gasteiger charge is -2.19. The van der Waals surface area contributed by atoms with Crippen molar-refractivity contribution in [1.29, 1.82) is 0 Å². The number of hydrogen-bond acceptors (Lipinski definition) is 2. The summed E-state index contributed by atoms with van der Waals surface area (Å²) in [6.45, 7) is 7.85. The van der Waals surface area contributed by atoms with Crippen LogP contribution in [0.5, 0.6) is 5.75 Å². The number of ether oxygens (including phenoxy) is 1. The highest BCUT2D eigenvalue weighted by molar-refractivity contribution is 6.31. The fourth-order valence-electron chi connectivity index (χ4n) is 2.28. The predicted molar refractivity (Wildman–Crippen MR) is 95.4 cm³/mol. The first kappa shape index (κ1) is 17.4. The normalized spacial score (nSPS) is 11.9. The Bertz CT molecular complexity index is 713. The van der Waals surface area contributed by atoms with E-state index in [0.29, 0.717) is 17.2 Å². The zero-order chi connectivity index (χ0) is 17.0. The summed E-state index contributed by atoms with van der Waals surface area (Å²) < 4.78 is 5.83. The lowest BCUT2D eigenvalue weighted by molar-refractivity contribution is -0.122. The monoisotopic (exact) mass is 331 g/mol.